The van der Waals surface area contributed by atoms with Crippen LogP contribution in [0.4, 0.5) is 0 Å². The van der Waals surface area contributed by atoms with Crippen molar-refractivity contribution in [3.05, 3.63) is 117 Å². The summed E-state index contributed by atoms with van der Waals surface area (Å²) in [6, 6.07) is 16.5. The highest BCUT2D eigenvalue weighted by molar-refractivity contribution is 7.85. The van der Waals surface area contributed by atoms with E-state index in [1.807, 2.05) is 96.1 Å². The molecular weight excluding hydrogens is 697 g/mol. The molecule has 4 aromatic carbocycles. The molecule has 0 aliphatic rings. The van der Waals surface area contributed by atoms with Gasteiger partial charge in [0.1, 0.15) is 5.75 Å². The lowest BCUT2D eigenvalue weighted by atomic mass is 9.93. The van der Waals surface area contributed by atoms with Gasteiger partial charge in [-0.3, -0.25) is 4.55 Å². The second kappa shape index (κ2) is 38.8. The Bertz CT molecular complexity index is 1630. The molecular formula is C50H88O4S. The Hall–Kier alpha value is -3.41. The van der Waals surface area contributed by atoms with Crippen molar-refractivity contribution in [3.63, 3.8) is 0 Å². The first-order valence-electron chi connectivity index (χ1n) is 20.7. The van der Waals surface area contributed by atoms with Crippen LogP contribution in [0.5, 0.6) is 5.75 Å². The van der Waals surface area contributed by atoms with Crippen LogP contribution in [-0.2, 0) is 23.0 Å². The lowest BCUT2D eigenvalue weighted by molar-refractivity contribution is 0.411. The van der Waals surface area contributed by atoms with Crippen molar-refractivity contribution >= 4 is 20.9 Å². The largest absolute Gasteiger partial charge is 0.496 e. The van der Waals surface area contributed by atoms with E-state index in [2.05, 4.69) is 105 Å². The van der Waals surface area contributed by atoms with E-state index in [1.54, 1.807) is 20.1 Å². The van der Waals surface area contributed by atoms with Gasteiger partial charge >= 0.3 is 0 Å². The number of methoxy groups -OCH3 is 1. The minimum atomic E-state index is -4.19. The van der Waals surface area contributed by atoms with Gasteiger partial charge in [0.25, 0.3) is 10.1 Å². The summed E-state index contributed by atoms with van der Waals surface area (Å²) in [6.45, 7) is 50.7. The molecule has 0 fully saturated rings. The maximum Gasteiger partial charge on any atom is 0.294 e. The van der Waals surface area contributed by atoms with Crippen molar-refractivity contribution in [2.75, 3.05) is 7.11 Å². The van der Waals surface area contributed by atoms with E-state index in [-0.39, 0.29) is 4.90 Å². The maximum atomic E-state index is 11.5. The summed E-state index contributed by atoms with van der Waals surface area (Å²) in [7, 11) is -2.48. The molecule has 0 spiro atoms. The number of aryl methyl sites for hydroxylation is 9. The van der Waals surface area contributed by atoms with Crippen LogP contribution >= 0.6 is 0 Å². The van der Waals surface area contributed by atoms with E-state index in [0.29, 0.717) is 5.56 Å². The summed E-state index contributed by atoms with van der Waals surface area (Å²) in [5, 5.41) is 1.96. The van der Waals surface area contributed by atoms with E-state index in [9.17, 15) is 13.0 Å². The van der Waals surface area contributed by atoms with Gasteiger partial charge in [0.15, 0.2) is 0 Å². The van der Waals surface area contributed by atoms with Crippen LogP contribution < -0.4 is 4.74 Å². The molecule has 0 saturated carbocycles. The standard InChI is InChI=1S/C15H18O3S.C10H14O.C10H14.C3H8.5C2H6.C2H4/c1-5-12-9(2)6-7-13-10(3)11(4)15(8-14(12)13)19(16,17)18;1-7-5-9(3)10(11-4)6-8(7)2;1-4-10-7-8(2)5-6-9(10)3;1-3-2;6*1-2/h6-8H,5H2,1-4H3,(H,16,17,18);5-6H,1-4H3;5-7H,4H2,1-3H3;3H2,1-2H3;5*1-2H3;1-2H2. The highest BCUT2D eigenvalue weighted by Crippen LogP contribution is 2.31. The molecule has 4 nitrogen and oxygen atoms in total. The summed E-state index contributed by atoms with van der Waals surface area (Å²) in [6.07, 6.45) is 3.23. The topological polar surface area (TPSA) is 63.6 Å². The smallest absolute Gasteiger partial charge is 0.294 e. The molecule has 318 valence electrons. The first kappa shape index (κ1) is 63.5. The predicted octanol–water partition coefficient (Wildman–Crippen LogP) is 16.4. The molecule has 0 saturated heterocycles. The molecule has 4 rings (SSSR count). The van der Waals surface area contributed by atoms with E-state index in [0.717, 1.165) is 46.1 Å². The van der Waals surface area contributed by atoms with Crippen molar-refractivity contribution in [3.8, 4) is 5.75 Å². The molecule has 1 N–H and O–H groups in total. The van der Waals surface area contributed by atoms with Crippen LogP contribution in [-0.4, -0.2) is 20.1 Å². The molecule has 4 aromatic rings. The van der Waals surface area contributed by atoms with Gasteiger partial charge in [-0.1, -0.05) is 145 Å². The summed E-state index contributed by atoms with van der Waals surface area (Å²) in [5.41, 5.74) is 11.8. The molecule has 5 heteroatoms. The number of benzene rings is 4. The molecule has 0 aliphatic heterocycles. The SMILES string of the molecule is C=C.CC.CC.CC.CC.CC.CCC.CCc1c(C)ccc2c(C)c(C)c(S(=O)(=O)O)cc12.CCc1cc(C)ccc1C.COc1cc(C)c(C)cc1C. The van der Waals surface area contributed by atoms with Crippen molar-refractivity contribution in [1.82, 2.24) is 0 Å². The van der Waals surface area contributed by atoms with Gasteiger partial charge in [-0.25, -0.2) is 0 Å². The van der Waals surface area contributed by atoms with Gasteiger partial charge in [0.05, 0.1) is 12.0 Å². The van der Waals surface area contributed by atoms with Crippen molar-refractivity contribution in [1.29, 1.82) is 0 Å². The molecule has 0 unspecified atom stereocenters. The lowest BCUT2D eigenvalue weighted by Gasteiger charge is -2.14. The normalized spacial score (nSPS) is 8.87. The zero-order chi connectivity index (χ0) is 45.1. The first-order chi connectivity index (χ1) is 26.1. The summed E-state index contributed by atoms with van der Waals surface area (Å²) >= 11 is 0. The summed E-state index contributed by atoms with van der Waals surface area (Å²) in [4.78, 5) is 0.0119. The molecule has 0 radical (unpaired) electrons. The van der Waals surface area contributed by atoms with E-state index >= 15 is 0 Å². The third kappa shape index (κ3) is 24.0. The van der Waals surface area contributed by atoms with Crippen LogP contribution in [0.2, 0.25) is 0 Å². The third-order valence-electron chi connectivity index (χ3n) is 7.73. The number of hydrogen-bond acceptors (Lipinski definition) is 3. The van der Waals surface area contributed by atoms with E-state index in [4.69, 9.17) is 4.74 Å². The average Bonchev–Trinajstić information content (AvgIpc) is 3.20. The average molecular weight is 785 g/mol. The maximum absolute atomic E-state index is 11.5. The van der Waals surface area contributed by atoms with Crippen LogP contribution in [0.1, 0.15) is 159 Å². The first-order valence-corrected chi connectivity index (χ1v) is 22.2. The van der Waals surface area contributed by atoms with Crippen LogP contribution in [0.3, 0.4) is 0 Å². The fraction of sp³-hybridized carbons (Fsp3) is 0.520. The van der Waals surface area contributed by atoms with Gasteiger partial charge < -0.3 is 4.74 Å². The highest BCUT2D eigenvalue weighted by atomic mass is 32.2. The lowest BCUT2D eigenvalue weighted by Crippen LogP contribution is -2.04. The summed E-state index contributed by atoms with van der Waals surface area (Å²) < 4.78 is 37.5. The molecule has 0 bridgehead atoms. The Kier molecular flexibility index (Phi) is 44.9. The zero-order valence-corrected chi connectivity index (χ0v) is 41.1. The monoisotopic (exact) mass is 785 g/mol. The Morgan fingerprint density at radius 1 is 0.545 bits per heavy atom. The fourth-order valence-corrected chi connectivity index (χ4v) is 5.77. The fourth-order valence-electron chi connectivity index (χ4n) is 4.96. The third-order valence-corrected chi connectivity index (χ3v) is 8.71. The molecule has 0 amide bonds. The van der Waals surface area contributed by atoms with Crippen LogP contribution in [0.25, 0.3) is 10.8 Å². The van der Waals surface area contributed by atoms with Crippen molar-refractivity contribution in [2.24, 2.45) is 0 Å². The minimum Gasteiger partial charge on any atom is -0.496 e. The van der Waals surface area contributed by atoms with Crippen molar-refractivity contribution < 1.29 is 17.7 Å². The molecule has 0 aliphatic carbocycles. The molecule has 0 atom stereocenters. The van der Waals surface area contributed by atoms with E-state index < -0.39 is 10.1 Å². The Morgan fingerprint density at radius 2 is 0.982 bits per heavy atom. The Morgan fingerprint density at radius 3 is 1.36 bits per heavy atom. The zero-order valence-electron chi connectivity index (χ0n) is 40.2. The quantitative estimate of drug-likeness (QED) is 0.165. The Labute approximate surface area is 344 Å². The van der Waals surface area contributed by atoms with Gasteiger partial charge in [0.2, 0.25) is 0 Å². The number of fused-ring (bicyclic) bond motifs is 1. The predicted molar refractivity (Wildman–Crippen MR) is 254 cm³/mol. The van der Waals surface area contributed by atoms with Crippen molar-refractivity contribution in [2.45, 2.75) is 176 Å². The second-order valence-electron chi connectivity index (χ2n) is 11.3. The number of hydrogen-bond donors (Lipinski definition) is 1. The van der Waals surface area contributed by atoms with Gasteiger partial charge in [-0.05, 0) is 141 Å². The van der Waals surface area contributed by atoms with Gasteiger partial charge in [0, 0.05) is 0 Å². The highest BCUT2D eigenvalue weighted by Gasteiger charge is 2.18. The minimum absolute atomic E-state index is 0.0119. The van der Waals surface area contributed by atoms with Crippen LogP contribution in [0, 0.1) is 55.4 Å². The summed E-state index contributed by atoms with van der Waals surface area (Å²) in [5.74, 6) is 0.980. The van der Waals surface area contributed by atoms with E-state index in [1.165, 1.54) is 39.8 Å². The molecule has 55 heavy (non-hydrogen) atoms. The van der Waals surface area contributed by atoms with Gasteiger partial charge in [-0.15, -0.1) is 13.2 Å². The number of rotatable bonds is 4. The number of ether oxygens (including phenoxy) is 1. The Balaban J connectivity index is -0.000000144. The second-order valence-corrected chi connectivity index (χ2v) is 12.7. The van der Waals surface area contributed by atoms with Gasteiger partial charge in [-0.2, -0.15) is 8.42 Å². The molecule has 0 heterocycles. The van der Waals surface area contributed by atoms with Crippen LogP contribution in [0.15, 0.2) is 66.6 Å². The molecule has 0 aromatic heterocycles.